The molecule has 0 heterocycles. The van der Waals surface area contributed by atoms with E-state index < -0.39 is 0 Å². The van der Waals surface area contributed by atoms with Gasteiger partial charge in [-0.2, -0.15) is 0 Å². The summed E-state index contributed by atoms with van der Waals surface area (Å²) in [6.45, 7) is 16.6. The van der Waals surface area contributed by atoms with Gasteiger partial charge in [0.15, 0.2) is 0 Å². The van der Waals surface area contributed by atoms with Crippen LogP contribution in [0.3, 0.4) is 0 Å². The van der Waals surface area contributed by atoms with Gasteiger partial charge in [0.25, 0.3) is 0 Å². The van der Waals surface area contributed by atoms with Gasteiger partial charge in [-0.15, -0.1) is 0 Å². The lowest BCUT2D eigenvalue weighted by Crippen LogP contribution is -1.95. The standard InChI is InChI=1S/C20H32/c1-7-18(4)12-9-14-20(6)16-10-15-19(5)13-8-11-17(2)3/h7,9-10,12,14,16-17,19H,1,4,8,11,13,15H2,2-3,5-6H3. The highest BCUT2D eigenvalue weighted by molar-refractivity contribution is 5.30. The highest BCUT2D eigenvalue weighted by atomic mass is 14.1. The smallest absolute Gasteiger partial charge is 0.0322 e. The first kappa shape index (κ1) is 18.7. The lowest BCUT2D eigenvalue weighted by atomic mass is 9.97. The van der Waals surface area contributed by atoms with Crippen LogP contribution >= 0.6 is 0 Å². The monoisotopic (exact) mass is 272 g/mol. The highest BCUT2D eigenvalue weighted by Crippen LogP contribution is 2.15. The lowest BCUT2D eigenvalue weighted by Gasteiger charge is -2.09. The molecule has 0 aliphatic heterocycles. The van der Waals surface area contributed by atoms with Crippen LogP contribution in [0, 0.1) is 11.8 Å². The predicted molar refractivity (Wildman–Crippen MR) is 93.8 cm³/mol. The van der Waals surface area contributed by atoms with Crippen molar-refractivity contribution in [1.29, 1.82) is 0 Å². The summed E-state index contributed by atoms with van der Waals surface area (Å²) in [5.41, 5.74) is 2.21. The molecule has 20 heavy (non-hydrogen) atoms. The number of hydrogen-bond acceptors (Lipinski definition) is 0. The summed E-state index contributed by atoms with van der Waals surface area (Å²) in [6.07, 6.45) is 17.6. The molecule has 0 aliphatic rings. The Morgan fingerprint density at radius 1 is 1.10 bits per heavy atom. The quantitative estimate of drug-likeness (QED) is 0.391. The van der Waals surface area contributed by atoms with E-state index in [-0.39, 0.29) is 0 Å². The van der Waals surface area contributed by atoms with E-state index in [0.717, 1.165) is 17.4 Å². The first-order valence-corrected chi connectivity index (χ1v) is 7.78. The Bertz CT molecular complexity index is 363. The Kier molecular flexibility index (Phi) is 10.8. The Morgan fingerprint density at radius 2 is 1.80 bits per heavy atom. The van der Waals surface area contributed by atoms with Crippen molar-refractivity contribution in [1.82, 2.24) is 0 Å². The van der Waals surface area contributed by atoms with Crippen LogP contribution < -0.4 is 0 Å². The Labute approximate surface area is 126 Å². The first-order chi connectivity index (χ1) is 9.45. The molecule has 0 saturated heterocycles. The van der Waals surface area contributed by atoms with Gasteiger partial charge >= 0.3 is 0 Å². The molecule has 0 fully saturated rings. The molecule has 0 aromatic heterocycles. The van der Waals surface area contributed by atoms with Crippen LogP contribution in [0.25, 0.3) is 0 Å². The maximum atomic E-state index is 3.84. The molecule has 0 N–H and O–H groups in total. The van der Waals surface area contributed by atoms with Crippen LogP contribution in [-0.2, 0) is 0 Å². The highest BCUT2D eigenvalue weighted by Gasteiger charge is 2.00. The zero-order chi connectivity index (χ0) is 15.4. The molecular formula is C20H32. The lowest BCUT2D eigenvalue weighted by molar-refractivity contribution is 0.461. The van der Waals surface area contributed by atoms with Gasteiger partial charge in [-0.1, -0.05) is 95.2 Å². The largest absolute Gasteiger partial charge is 0.0985 e. The second-order valence-electron chi connectivity index (χ2n) is 6.12. The van der Waals surface area contributed by atoms with Crippen molar-refractivity contribution in [2.75, 3.05) is 0 Å². The fourth-order valence-electron chi connectivity index (χ4n) is 1.93. The van der Waals surface area contributed by atoms with Crippen LogP contribution in [0.15, 0.2) is 60.8 Å². The van der Waals surface area contributed by atoms with Crippen molar-refractivity contribution in [3.05, 3.63) is 60.8 Å². The van der Waals surface area contributed by atoms with Crippen LogP contribution in [0.4, 0.5) is 0 Å². The Morgan fingerprint density at radius 3 is 2.40 bits per heavy atom. The average molecular weight is 272 g/mol. The molecule has 0 amide bonds. The van der Waals surface area contributed by atoms with Crippen molar-refractivity contribution in [2.24, 2.45) is 11.8 Å². The van der Waals surface area contributed by atoms with Crippen molar-refractivity contribution < 1.29 is 0 Å². The van der Waals surface area contributed by atoms with Gasteiger partial charge in [-0.3, -0.25) is 0 Å². The van der Waals surface area contributed by atoms with E-state index in [1.165, 1.54) is 31.3 Å². The van der Waals surface area contributed by atoms with Crippen LogP contribution in [0.2, 0.25) is 0 Å². The second kappa shape index (κ2) is 11.5. The van der Waals surface area contributed by atoms with Gasteiger partial charge in [0, 0.05) is 0 Å². The minimum absolute atomic E-state index is 0.786. The molecule has 1 unspecified atom stereocenters. The molecule has 0 nitrogen and oxygen atoms in total. The van der Waals surface area contributed by atoms with Gasteiger partial charge in [0.2, 0.25) is 0 Å². The summed E-state index contributed by atoms with van der Waals surface area (Å²) >= 11 is 0. The molecule has 0 saturated carbocycles. The van der Waals surface area contributed by atoms with Crippen molar-refractivity contribution in [3.8, 4) is 0 Å². The van der Waals surface area contributed by atoms with Gasteiger partial charge in [0.1, 0.15) is 0 Å². The third-order valence-electron chi connectivity index (χ3n) is 3.33. The van der Waals surface area contributed by atoms with E-state index in [0.29, 0.717) is 0 Å². The average Bonchev–Trinajstić information content (AvgIpc) is 2.38. The van der Waals surface area contributed by atoms with Crippen LogP contribution in [-0.4, -0.2) is 0 Å². The second-order valence-corrected chi connectivity index (χ2v) is 6.12. The number of hydrogen-bond donors (Lipinski definition) is 0. The van der Waals surface area contributed by atoms with E-state index in [4.69, 9.17) is 0 Å². The summed E-state index contributed by atoms with van der Waals surface area (Å²) in [5, 5.41) is 0. The van der Waals surface area contributed by atoms with Gasteiger partial charge < -0.3 is 0 Å². The molecule has 0 heteroatoms. The van der Waals surface area contributed by atoms with Crippen molar-refractivity contribution in [3.63, 3.8) is 0 Å². The van der Waals surface area contributed by atoms with E-state index in [1.54, 1.807) is 6.08 Å². The van der Waals surface area contributed by atoms with Crippen LogP contribution in [0.5, 0.6) is 0 Å². The van der Waals surface area contributed by atoms with E-state index in [1.807, 2.05) is 12.2 Å². The summed E-state index contributed by atoms with van der Waals surface area (Å²) in [4.78, 5) is 0. The summed E-state index contributed by atoms with van der Waals surface area (Å²) < 4.78 is 0. The van der Waals surface area contributed by atoms with E-state index >= 15 is 0 Å². The molecule has 0 aromatic rings. The minimum Gasteiger partial charge on any atom is -0.0985 e. The minimum atomic E-state index is 0.786. The summed E-state index contributed by atoms with van der Waals surface area (Å²) in [7, 11) is 0. The molecular weight excluding hydrogens is 240 g/mol. The molecule has 0 rings (SSSR count). The molecule has 0 aromatic carbocycles. The van der Waals surface area contributed by atoms with E-state index in [9.17, 15) is 0 Å². The summed E-state index contributed by atoms with van der Waals surface area (Å²) in [5.74, 6) is 1.62. The topological polar surface area (TPSA) is 0 Å². The molecule has 0 bridgehead atoms. The van der Waals surface area contributed by atoms with Crippen molar-refractivity contribution in [2.45, 2.75) is 53.4 Å². The molecule has 0 spiro atoms. The maximum absolute atomic E-state index is 3.84. The third-order valence-corrected chi connectivity index (χ3v) is 3.33. The number of rotatable bonds is 10. The zero-order valence-electron chi connectivity index (χ0n) is 13.9. The predicted octanol–water partition coefficient (Wildman–Crippen LogP) is 6.64. The zero-order valence-corrected chi connectivity index (χ0v) is 13.9. The fourth-order valence-corrected chi connectivity index (χ4v) is 1.93. The normalized spacial score (nSPS) is 14.3. The Hall–Kier alpha value is -1.30. The van der Waals surface area contributed by atoms with Crippen molar-refractivity contribution >= 4 is 0 Å². The Balaban J connectivity index is 3.98. The molecule has 0 aliphatic carbocycles. The fraction of sp³-hybridized carbons (Fsp3) is 0.500. The summed E-state index contributed by atoms with van der Waals surface area (Å²) in [6, 6.07) is 0. The first-order valence-electron chi connectivity index (χ1n) is 7.78. The third kappa shape index (κ3) is 11.8. The molecule has 1 atom stereocenters. The van der Waals surface area contributed by atoms with E-state index in [2.05, 4.69) is 59.1 Å². The van der Waals surface area contributed by atoms with Gasteiger partial charge in [-0.25, -0.2) is 0 Å². The maximum Gasteiger partial charge on any atom is -0.0322 e. The van der Waals surface area contributed by atoms with Crippen LogP contribution in [0.1, 0.15) is 53.4 Å². The van der Waals surface area contributed by atoms with Gasteiger partial charge in [0.05, 0.1) is 0 Å². The molecule has 0 radical (unpaired) electrons. The molecule has 112 valence electrons. The number of allylic oxidation sites excluding steroid dienone is 8. The SMILES string of the molecule is C=CC(=C)C=CC=C(C)C=CCC(C)CCCC(C)C. The van der Waals surface area contributed by atoms with Gasteiger partial charge in [-0.05, 0) is 30.8 Å².